The molecule has 0 bridgehead atoms. The van der Waals surface area contributed by atoms with Gasteiger partial charge in [-0.25, -0.2) is 13.2 Å². The molecule has 2 aromatic carbocycles. The number of ketones is 1. The lowest BCUT2D eigenvalue weighted by Gasteiger charge is -2.18. The summed E-state index contributed by atoms with van der Waals surface area (Å²) in [6, 6.07) is 12.2. The van der Waals surface area contributed by atoms with Crippen LogP contribution in [0.3, 0.4) is 0 Å². The van der Waals surface area contributed by atoms with E-state index in [4.69, 9.17) is 9.47 Å². The Morgan fingerprint density at radius 2 is 1.61 bits per heavy atom. The summed E-state index contributed by atoms with van der Waals surface area (Å²) in [5.41, 5.74) is 0.820. The van der Waals surface area contributed by atoms with Gasteiger partial charge in [0.25, 0.3) is 5.91 Å². The van der Waals surface area contributed by atoms with Crippen LogP contribution in [0.4, 0.5) is 5.69 Å². The maximum Gasteiger partial charge on any atom is 0.344 e. The number of carbonyl (C=O) groups excluding carboxylic acids is 3. The van der Waals surface area contributed by atoms with Gasteiger partial charge in [-0.3, -0.25) is 9.59 Å². The maximum absolute atomic E-state index is 12.6. The van der Waals surface area contributed by atoms with Gasteiger partial charge in [-0.2, -0.15) is 4.31 Å². The summed E-state index contributed by atoms with van der Waals surface area (Å²) >= 11 is 0. The summed E-state index contributed by atoms with van der Waals surface area (Å²) in [5, 5.41) is 2.51. The number of anilines is 1. The minimum Gasteiger partial charge on any atom is -0.482 e. The highest BCUT2D eigenvalue weighted by molar-refractivity contribution is 7.89. The second-order valence-electron chi connectivity index (χ2n) is 6.92. The predicted molar refractivity (Wildman–Crippen MR) is 123 cm³/mol. The Bertz CT molecular complexity index is 1080. The molecule has 0 aliphatic rings. The minimum absolute atomic E-state index is 0.00293. The number of amides is 1. The van der Waals surface area contributed by atoms with Crippen molar-refractivity contribution in [1.82, 2.24) is 4.31 Å². The Balaban J connectivity index is 1.85. The third kappa shape index (κ3) is 7.40. The highest BCUT2D eigenvalue weighted by Gasteiger charge is 2.22. The van der Waals surface area contributed by atoms with Crippen LogP contribution in [0.1, 0.15) is 37.6 Å². The Hall–Kier alpha value is -3.24. The number of Topliss-reactive ketones (excluding diaryl/α,β-unsaturated/α-hetero) is 1. The molecule has 0 saturated carbocycles. The average molecular weight is 477 g/mol. The lowest BCUT2D eigenvalue weighted by Crippen LogP contribution is -2.30. The van der Waals surface area contributed by atoms with Crippen LogP contribution >= 0.6 is 0 Å². The van der Waals surface area contributed by atoms with E-state index in [2.05, 4.69) is 5.32 Å². The van der Waals surface area contributed by atoms with Gasteiger partial charge in [0.2, 0.25) is 10.0 Å². The number of carbonyl (C=O) groups is 3. The number of nitrogens with zero attached hydrogens (tertiary/aromatic N) is 1. The fourth-order valence-corrected chi connectivity index (χ4v) is 4.42. The van der Waals surface area contributed by atoms with E-state index in [0.717, 1.165) is 0 Å². The monoisotopic (exact) mass is 476 g/mol. The molecule has 33 heavy (non-hydrogen) atoms. The van der Waals surface area contributed by atoms with Crippen molar-refractivity contribution in [2.24, 2.45) is 0 Å². The van der Waals surface area contributed by atoms with Crippen molar-refractivity contribution in [3.63, 3.8) is 0 Å². The lowest BCUT2D eigenvalue weighted by molar-refractivity contribution is -0.149. The van der Waals surface area contributed by atoms with Crippen molar-refractivity contribution in [2.75, 3.05) is 31.6 Å². The zero-order valence-corrected chi connectivity index (χ0v) is 19.7. The number of sulfonamides is 1. The number of ether oxygens (including phenoxy) is 2. The fraction of sp³-hybridized carbons (Fsp3) is 0.348. The second kappa shape index (κ2) is 12.1. The van der Waals surface area contributed by atoms with Crippen molar-refractivity contribution in [3.8, 4) is 5.75 Å². The summed E-state index contributed by atoms with van der Waals surface area (Å²) in [5.74, 6) is -0.988. The summed E-state index contributed by atoms with van der Waals surface area (Å²) in [6.07, 6.45) is 0.393. The fourth-order valence-electron chi connectivity index (χ4n) is 2.92. The van der Waals surface area contributed by atoms with Crippen LogP contribution < -0.4 is 10.1 Å². The van der Waals surface area contributed by atoms with E-state index >= 15 is 0 Å². The summed E-state index contributed by atoms with van der Waals surface area (Å²) in [7, 11) is -3.67. The molecule has 0 radical (unpaired) electrons. The SMILES string of the molecule is CCC(=O)c1ccc(OCC(=O)OCC(=O)Nc2cccc(S(=O)(=O)N(CC)CC)c2)cc1. The molecule has 0 fully saturated rings. The van der Waals surface area contributed by atoms with Gasteiger partial charge in [0.05, 0.1) is 4.90 Å². The van der Waals surface area contributed by atoms with Crippen molar-refractivity contribution >= 4 is 33.4 Å². The molecular formula is C23H28N2O7S. The van der Waals surface area contributed by atoms with Gasteiger partial charge in [-0.05, 0) is 42.5 Å². The molecule has 0 aliphatic carbocycles. The van der Waals surface area contributed by atoms with Gasteiger partial charge in [0.1, 0.15) is 5.75 Å². The van der Waals surface area contributed by atoms with E-state index in [-0.39, 0.29) is 16.4 Å². The maximum atomic E-state index is 12.6. The number of rotatable bonds is 12. The smallest absolute Gasteiger partial charge is 0.344 e. The lowest BCUT2D eigenvalue weighted by atomic mass is 10.1. The van der Waals surface area contributed by atoms with Gasteiger partial charge in [-0.15, -0.1) is 0 Å². The second-order valence-corrected chi connectivity index (χ2v) is 8.85. The molecular weight excluding hydrogens is 448 g/mol. The largest absolute Gasteiger partial charge is 0.482 e. The average Bonchev–Trinajstić information content (AvgIpc) is 2.82. The predicted octanol–water partition coefficient (Wildman–Crippen LogP) is 2.87. The topological polar surface area (TPSA) is 119 Å². The highest BCUT2D eigenvalue weighted by Crippen LogP contribution is 2.19. The Labute approximate surface area is 193 Å². The molecule has 1 amide bonds. The van der Waals surface area contributed by atoms with Gasteiger partial charge >= 0.3 is 5.97 Å². The Kier molecular flexibility index (Phi) is 9.56. The summed E-state index contributed by atoms with van der Waals surface area (Å²) in [4.78, 5) is 35.6. The van der Waals surface area contributed by atoms with E-state index in [9.17, 15) is 22.8 Å². The molecule has 2 aromatic rings. The first kappa shape index (κ1) is 26.0. The van der Waals surface area contributed by atoms with Crippen molar-refractivity contribution in [1.29, 1.82) is 0 Å². The van der Waals surface area contributed by atoms with Crippen LogP contribution in [-0.2, 0) is 24.3 Å². The Morgan fingerprint density at radius 1 is 0.939 bits per heavy atom. The van der Waals surface area contributed by atoms with Crippen LogP contribution in [0, 0.1) is 0 Å². The molecule has 9 nitrogen and oxygen atoms in total. The van der Waals surface area contributed by atoms with Gasteiger partial charge in [0, 0.05) is 30.8 Å². The third-order valence-electron chi connectivity index (χ3n) is 4.68. The first-order valence-electron chi connectivity index (χ1n) is 10.5. The normalized spacial score (nSPS) is 11.2. The standard InChI is InChI=1S/C23H28N2O7S/c1-4-21(26)17-10-12-19(13-11-17)31-16-23(28)32-15-22(27)24-18-8-7-9-20(14-18)33(29,30)25(5-2)6-3/h7-14H,4-6,15-16H2,1-3H3,(H,24,27). The quantitative estimate of drug-likeness (QED) is 0.369. The molecule has 178 valence electrons. The molecule has 2 rings (SSSR count). The van der Waals surface area contributed by atoms with Gasteiger partial charge < -0.3 is 14.8 Å². The number of hydrogen-bond acceptors (Lipinski definition) is 7. The Morgan fingerprint density at radius 3 is 2.21 bits per heavy atom. The number of esters is 1. The molecule has 0 spiro atoms. The van der Waals surface area contributed by atoms with Crippen LogP contribution in [-0.4, -0.2) is 56.7 Å². The van der Waals surface area contributed by atoms with Gasteiger partial charge in [-0.1, -0.05) is 26.8 Å². The zero-order chi connectivity index (χ0) is 24.4. The van der Waals surface area contributed by atoms with Crippen molar-refractivity contribution < 1.29 is 32.3 Å². The molecule has 0 saturated heterocycles. The molecule has 10 heteroatoms. The van der Waals surface area contributed by atoms with Crippen LogP contribution in [0.15, 0.2) is 53.4 Å². The molecule has 0 aliphatic heterocycles. The first-order valence-corrected chi connectivity index (χ1v) is 12.0. The molecule has 1 N–H and O–H groups in total. The van der Waals surface area contributed by atoms with Crippen LogP contribution in [0.5, 0.6) is 5.75 Å². The highest BCUT2D eigenvalue weighted by atomic mass is 32.2. The van der Waals surface area contributed by atoms with E-state index < -0.39 is 35.1 Å². The van der Waals surface area contributed by atoms with Crippen molar-refractivity contribution in [3.05, 3.63) is 54.1 Å². The molecule has 0 heterocycles. The van der Waals surface area contributed by atoms with E-state index in [1.165, 1.54) is 28.6 Å². The van der Waals surface area contributed by atoms with E-state index in [1.54, 1.807) is 45.0 Å². The minimum atomic E-state index is -3.67. The molecule has 0 atom stereocenters. The van der Waals surface area contributed by atoms with Gasteiger partial charge in [0.15, 0.2) is 19.0 Å². The van der Waals surface area contributed by atoms with E-state index in [0.29, 0.717) is 30.8 Å². The number of hydrogen-bond donors (Lipinski definition) is 1. The van der Waals surface area contributed by atoms with Crippen molar-refractivity contribution in [2.45, 2.75) is 32.1 Å². The molecule has 0 aromatic heterocycles. The van der Waals surface area contributed by atoms with Crippen LogP contribution in [0.25, 0.3) is 0 Å². The summed E-state index contributed by atoms with van der Waals surface area (Å²) < 4.78 is 36.7. The number of benzene rings is 2. The molecule has 0 unspecified atom stereocenters. The third-order valence-corrected chi connectivity index (χ3v) is 6.73. The van der Waals surface area contributed by atoms with Crippen LogP contribution in [0.2, 0.25) is 0 Å². The zero-order valence-electron chi connectivity index (χ0n) is 18.9. The number of nitrogens with one attached hydrogen (secondary N) is 1. The summed E-state index contributed by atoms with van der Waals surface area (Å²) in [6.45, 7) is 4.94. The van der Waals surface area contributed by atoms with E-state index in [1.807, 2.05) is 0 Å². The first-order chi connectivity index (χ1) is 15.7.